The van der Waals surface area contributed by atoms with Crippen molar-refractivity contribution in [2.45, 2.75) is 38.2 Å². The first-order valence-electron chi connectivity index (χ1n) is 5.56. The fourth-order valence-corrected chi connectivity index (χ4v) is 1.75. The summed E-state index contributed by atoms with van der Waals surface area (Å²) in [5.41, 5.74) is -4.19. The molecule has 0 heterocycles. The summed E-state index contributed by atoms with van der Waals surface area (Å²) >= 11 is -0.0869. The van der Waals surface area contributed by atoms with Crippen LogP contribution in [0.5, 0.6) is 0 Å². The highest BCUT2D eigenvalue weighted by Crippen LogP contribution is 2.29. The van der Waals surface area contributed by atoms with E-state index in [1.165, 1.54) is 0 Å². The second-order valence-electron chi connectivity index (χ2n) is 3.73. The number of hydrogen-bond donors (Lipinski definition) is 2. The average molecular weight is 272 g/mol. The second-order valence-corrected chi connectivity index (χ2v) is 4.89. The molecule has 102 valence electrons. The first-order chi connectivity index (χ1) is 7.85. The first-order valence-corrected chi connectivity index (χ1v) is 6.54. The van der Waals surface area contributed by atoms with Crippen LogP contribution in [0.3, 0.4) is 0 Å². The predicted molar refractivity (Wildman–Crippen MR) is 63.9 cm³/mol. The molecule has 0 saturated carbocycles. The molecule has 0 bridgehead atoms. The summed E-state index contributed by atoms with van der Waals surface area (Å²) in [5, 5.41) is 5.43. The number of carbonyl (C=O) groups excluding carboxylic acids is 1. The maximum Gasteiger partial charge on any atom is 0.441 e. The van der Waals surface area contributed by atoms with E-state index in [1.54, 1.807) is 0 Å². The lowest BCUT2D eigenvalue weighted by atomic mass is 10.2. The summed E-state index contributed by atoms with van der Waals surface area (Å²) in [6, 6.07) is 0.110. The molecule has 0 aliphatic rings. The zero-order valence-electron chi connectivity index (χ0n) is 10.1. The Kier molecular flexibility index (Phi) is 8.41. The number of carbonyl (C=O) groups is 1. The zero-order valence-corrected chi connectivity index (χ0v) is 10.9. The van der Waals surface area contributed by atoms with Gasteiger partial charge < -0.3 is 10.6 Å². The van der Waals surface area contributed by atoms with Crippen molar-refractivity contribution in [1.29, 1.82) is 0 Å². The quantitative estimate of drug-likeness (QED) is 0.665. The Morgan fingerprint density at radius 1 is 1.41 bits per heavy atom. The fraction of sp³-hybridized carbons (Fsp3) is 0.900. The van der Waals surface area contributed by atoms with Gasteiger partial charge in [0.2, 0.25) is 5.91 Å². The Hall–Kier alpha value is -0.430. The molecule has 0 rings (SSSR count). The SMILES string of the molecule is CCCC(C)NC(=O)CNCCSC(F)(F)F. The molecule has 0 spiro atoms. The van der Waals surface area contributed by atoms with Crippen LogP contribution in [0.25, 0.3) is 0 Å². The predicted octanol–water partition coefficient (Wildman–Crippen LogP) is 2.13. The summed E-state index contributed by atoms with van der Waals surface area (Å²) in [7, 11) is 0. The number of hydrogen-bond acceptors (Lipinski definition) is 3. The molecule has 0 aromatic heterocycles. The van der Waals surface area contributed by atoms with E-state index in [0.717, 1.165) is 12.8 Å². The molecule has 0 aromatic carbocycles. The van der Waals surface area contributed by atoms with E-state index in [2.05, 4.69) is 10.6 Å². The number of alkyl halides is 3. The summed E-state index contributed by atoms with van der Waals surface area (Å²) < 4.78 is 35.3. The zero-order chi connectivity index (χ0) is 13.3. The van der Waals surface area contributed by atoms with Gasteiger partial charge in [0.25, 0.3) is 0 Å². The highest BCUT2D eigenvalue weighted by Gasteiger charge is 2.27. The lowest BCUT2D eigenvalue weighted by Crippen LogP contribution is -2.39. The van der Waals surface area contributed by atoms with Gasteiger partial charge in [-0.1, -0.05) is 13.3 Å². The van der Waals surface area contributed by atoms with E-state index >= 15 is 0 Å². The van der Waals surface area contributed by atoms with Crippen LogP contribution in [0, 0.1) is 0 Å². The molecule has 1 unspecified atom stereocenters. The van der Waals surface area contributed by atoms with Crippen molar-refractivity contribution >= 4 is 17.7 Å². The van der Waals surface area contributed by atoms with E-state index in [9.17, 15) is 18.0 Å². The molecule has 1 amide bonds. The molecule has 1 atom stereocenters. The maximum atomic E-state index is 11.8. The lowest BCUT2D eigenvalue weighted by Gasteiger charge is -2.13. The number of nitrogens with one attached hydrogen (secondary N) is 2. The van der Waals surface area contributed by atoms with Gasteiger partial charge >= 0.3 is 5.51 Å². The Balaban J connectivity index is 3.46. The molecule has 0 fully saturated rings. The minimum Gasteiger partial charge on any atom is -0.353 e. The molecule has 0 aliphatic heterocycles. The topological polar surface area (TPSA) is 41.1 Å². The van der Waals surface area contributed by atoms with Crippen molar-refractivity contribution in [3.05, 3.63) is 0 Å². The Labute approximate surface area is 104 Å². The van der Waals surface area contributed by atoms with Crippen LogP contribution < -0.4 is 10.6 Å². The summed E-state index contributed by atoms with van der Waals surface area (Å²) in [6.45, 7) is 4.16. The van der Waals surface area contributed by atoms with E-state index in [1.807, 2.05) is 13.8 Å². The molecule has 17 heavy (non-hydrogen) atoms. The largest absolute Gasteiger partial charge is 0.441 e. The Morgan fingerprint density at radius 2 is 2.06 bits per heavy atom. The van der Waals surface area contributed by atoms with Crippen molar-refractivity contribution in [2.75, 3.05) is 18.8 Å². The Bertz CT molecular complexity index is 224. The van der Waals surface area contributed by atoms with Crippen LogP contribution in [0.1, 0.15) is 26.7 Å². The molecule has 2 N–H and O–H groups in total. The summed E-state index contributed by atoms with van der Waals surface area (Å²) in [5.74, 6) is -0.260. The summed E-state index contributed by atoms with van der Waals surface area (Å²) in [6.07, 6.45) is 1.88. The van der Waals surface area contributed by atoms with Crippen LogP contribution in [0.2, 0.25) is 0 Å². The van der Waals surface area contributed by atoms with Gasteiger partial charge in [-0.15, -0.1) is 0 Å². The normalized spacial score (nSPS) is 13.5. The first kappa shape index (κ1) is 16.6. The van der Waals surface area contributed by atoms with Crippen molar-refractivity contribution in [1.82, 2.24) is 10.6 Å². The number of halogens is 3. The van der Waals surface area contributed by atoms with E-state index in [-0.39, 0.29) is 42.6 Å². The molecule has 0 aliphatic carbocycles. The molecular weight excluding hydrogens is 253 g/mol. The van der Waals surface area contributed by atoms with Crippen molar-refractivity contribution in [2.24, 2.45) is 0 Å². The maximum absolute atomic E-state index is 11.8. The minimum atomic E-state index is -4.19. The third-order valence-electron chi connectivity index (χ3n) is 1.96. The molecule has 7 heteroatoms. The van der Waals surface area contributed by atoms with E-state index in [0.29, 0.717) is 0 Å². The van der Waals surface area contributed by atoms with Crippen molar-refractivity contribution in [3.8, 4) is 0 Å². The highest BCUT2D eigenvalue weighted by molar-refractivity contribution is 8.00. The molecular formula is C10H19F3N2OS. The van der Waals surface area contributed by atoms with Crippen LogP contribution in [0.4, 0.5) is 13.2 Å². The van der Waals surface area contributed by atoms with Gasteiger partial charge in [0.05, 0.1) is 6.54 Å². The third-order valence-corrected chi connectivity index (χ3v) is 2.69. The highest BCUT2D eigenvalue weighted by atomic mass is 32.2. The van der Waals surface area contributed by atoms with Gasteiger partial charge in [0.1, 0.15) is 0 Å². The standard InChI is InChI=1S/C10H19F3N2OS/c1-3-4-8(2)15-9(16)7-14-5-6-17-10(11,12)13/h8,14H,3-7H2,1-2H3,(H,15,16). The number of amides is 1. The van der Waals surface area contributed by atoms with Crippen LogP contribution in [-0.4, -0.2) is 36.3 Å². The van der Waals surface area contributed by atoms with Gasteiger partial charge in [-0.3, -0.25) is 4.79 Å². The smallest absolute Gasteiger partial charge is 0.353 e. The van der Waals surface area contributed by atoms with Gasteiger partial charge in [0, 0.05) is 18.3 Å². The number of thioether (sulfide) groups is 1. The fourth-order valence-electron chi connectivity index (χ4n) is 1.27. The van der Waals surface area contributed by atoms with Crippen molar-refractivity contribution < 1.29 is 18.0 Å². The van der Waals surface area contributed by atoms with Gasteiger partial charge in [-0.2, -0.15) is 13.2 Å². The monoisotopic (exact) mass is 272 g/mol. The Morgan fingerprint density at radius 3 is 2.59 bits per heavy atom. The minimum absolute atomic E-state index is 0.0620. The molecule has 0 saturated heterocycles. The summed E-state index contributed by atoms with van der Waals surface area (Å²) in [4.78, 5) is 11.3. The van der Waals surface area contributed by atoms with Crippen LogP contribution in [-0.2, 0) is 4.79 Å². The average Bonchev–Trinajstić information content (AvgIpc) is 2.15. The van der Waals surface area contributed by atoms with Crippen LogP contribution in [0.15, 0.2) is 0 Å². The van der Waals surface area contributed by atoms with Gasteiger partial charge in [-0.05, 0) is 25.1 Å². The molecule has 0 aromatic rings. The van der Waals surface area contributed by atoms with E-state index < -0.39 is 5.51 Å². The van der Waals surface area contributed by atoms with E-state index in [4.69, 9.17) is 0 Å². The second kappa shape index (κ2) is 8.63. The lowest BCUT2D eigenvalue weighted by molar-refractivity contribution is -0.120. The van der Waals surface area contributed by atoms with Gasteiger partial charge in [0.15, 0.2) is 0 Å². The van der Waals surface area contributed by atoms with Crippen LogP contribution >= 0.6 is 11.8 Å². The number of rotatable bonds is 8. The van der Waals surface area contributed by atoms with Gasteiger partial charge in [-0.25, -0.2) is 0 Å². The third kappa shape index (κ3) is 11.8. The van der Waals surface area contributed by atoms with Crippen molar-refractivity contribution in [3.63, 3.8) is 0 Å². The molecule has 3 nitrogen and oxygen atoms in total. The molecule has 0 radical (unpaired) electrons.